The van der Waals surface area contributed by atoms with Gasteiger partial charge in [0.25, 0.3) is 0 Å². The third kappa shape index (κ3) is 4.23. The zero-order valence-corrected chi connectivity index (χ0v) is 28.6. The molecule has 0 atom stereocenters. The molecule has 2 heterocycles. The highest BCUT2D eigenvalue weighted by atomic mass is 32.1. The van der Waals surface area contributed by atoms with E-state index in [4.69, 9.17) is 0 Å². The first-order valence-electron chi connectivity index (χ1n) is 17.1. The summed E-state index contributed by atoms with van der Waals surface area (Å²) in [5, 5.41) is 13.1. The van der Waals surface area contributed by atoms with Crippen LogP contribution in [0.2, 0.25) is 0 Å². The highest BCUT2D eigenvalue weighted by Gasteiger charge is 2.17. The molecular formula is C48H28S2. The molecule has 232 valence electrons. The molecule has 0 nitrogen and oxygen atoms in total. The second-order valence-corrected chi connectivity index (χ2v) is 15.4. The van der Waals surface area contributed by atoms with E-state index in [9.17, 15) is 0 Å². The topological polar surface area (TPSA) is 0 Å². The van der Waals surface area contributed by atoms with Crippen LogP contribution >= 0.6 is 22.7 Å². The van der Waals surface area contributed by atoms with Crippen LogP contribution in [-0.2, 0) is 0 Å². The van der Waals surface area contributed by atoms with E-state index in [0.29, 0.717) is 0 Å². The Morgan fingerprint density at radius 3 is 1.38 bits per heavy atom. The first kappa shape index (κ1) is 28.1. The van der Waals surface area contributed by atoms with E-state index in [1.807, 2.05) is 22.7 Å². The molecule has 2 aromatic heterocycles. The summed E-state index contributed by atoms with van der Waals surface area (Å²) < 4.78 is 5.43. The minimum atomic E-state index is 1.25. The minimum Gasteiger partial charge on any atom is -0.135 e. The molecule has 0 amide bonds. The fourth-order valence-electron chi connectivity index (χ4n) is 8.11. The number of rotatable bonds is 3. The molecule has 0 aliphatic rings. The van der Waals surface area contributed by atoms with Crippen LogP contribution in [0.3, 0.4) is 0 Å². The van der Waals surface area contributed by atoms with E-state index in [2.05, 4.69) is 170 Å². The Balaban J connectivity index is 1.03. The first-order chi connectivity index (χ1) is 24.8. The van der Waals surface area contributed by atoms with Crippen LogP contribution in [0.1, 0.15) is 0 Å². The second-order valence-electron chi connectivity index (χ2n) is 13.2. The highest BCUT2D eigenvalue weighted by molar-refractivity contribution is 7.28. The molecule has 50 heavy (non-hydrogen) atoms. The summed E-state index contributed by atoms with van der Waals surface area (Å²) in [6.45, 7) is 0. The quantitative estimate of drug-likeness (QED) is 0.164. The van der Waals surface area contributed by atoms with E-state index >= 15 is 0 Å². The SMILES string of the molecule is c1ccc(-c2c3ccccc3c(-c3ccc4cc(-c5ccc6c(c5)sc5cc7sc8ccccc8c7cc56)ccc4c3)c3ccccc23)cc1. The van der Waals surface area contributed by atoms with Gasteiger partial charge in [-0.25, -0.2) is 0 Å². The highest BCUT2D eigenvalue weighted by Crippen LogP contribution is 2.45. The maximum Gasteiger partial charge on any atom is 0.0369 e. The van der Waals surface area contributed by atoms with Gasteiger partial charge in [0.1, 0.15) is 0 Å². The summed E-state index contributed by atoms with van der Waals surface area (Å²) in [7, 11) is 0. The van der Waals surface area contributed by atoms with E-state index in [1.165, 1.54) is 106 Å². The average Bonchev–Trinajstić information content (AvgIpc) is 3.72. The number of fused-ring (bicyclic) bond motifs is 9. The number of thiophene rings is 2. The van der Waals surface area contributed by atoms with Crippen LogP contribution in [0.25, 0.3) is 106 Å². The molecule has 0 aliphatic heterocycles. The summed E-state index contributed by atoms with van der Waals surface area (Å²) in [5.74, 6) is 0. The Bertz CT molecular complexity index is 3080. The largest absolute Gasteiger partial charge is 0.135 e. The predicted octanol–water partition coefficient (Wildman–Crippen LogP) is 14.9. The Kier molecular flexibility index (Phi) is 6.09. The van der Waals surface area contributed by atoms with Gasteiger partial charge in [0.15, 0.2) is 0 Å². The summed E-state index contributed by atoms with van der Waals surface area (Å²) >= 11 is 3.80. The molecule has 0 spiro atoms. The molecule has 0 fully saturated rings. The third-order valence-electron chi connectivity index (χ3n) is 10.4. The fourth-order valence-corrected chi connectivity index (χ4v) is 10.5. The molecule has 0 bridgehead atoms. The lowest BCUT2D eigenvalue weighted by molar-refractivity contribution is 1.66. The third-order valence-corrected chi connectivity index (χ3v) is 12.7. The number of benzene rings is 9. The van der Waals surface area contributed by atoms with Crippen molar-refractivity contribution in [1.29, 1.82) is 0 Å². The van der Waals surface area contributed by atoms with E-state index in [0.717, 1.165) is 0 Å². The summed E-state index contributed by atoms with van der Waals surface area (Å²) in [6, 6.07) is 63.1. The van der Waals surface area contributed by atoms with Gasteiger partial charge in [0, 0.05) is 40.3 Å². The number of hydrogen-bond donors (Lipinski definition) is 0. The molecule has 11 aromatic rings. The zero-order valence-electron chi connectivity index (χ0n) is 27.0. The van der Waals surface area contributed by atoms with Crippen molar-refractivity contribution in [1.82, 2.24) is 0 Å². The van der Waals surface area contributed by atoms with Crippen molar-refractivity contribution >= 4 is 95.3 Å². The molecule has 11 rings (SSSR count). The Morgan fingerprint density at radius 1 is 0.240 bits per heavy atom. The van der Waals surface area contributed by atoms with Crippen molar-refractivity contribution in [3.63, 3.8) is 0 Å². The van der Waals surface area contributed by atoms with Gasteiger partial charge in [-0.1, -0.05) is 133 Å². The Hall–Kier alpha value is -5.80. The maximum atomic E-state index is 2.41. The van der Waals surface area contributed by atoms with Crippen molar-refractivity contribution in [2.75, 3.05) is 0 Å². The standard InChI is InChI=1S/C48H28S2/c1-2-10-29(11-3-1)47-37-13-4-6-15-39(37)48(40-16-7-5-14-38(40)47)34-21-20-30-24-31(18-19-32(30)25-34)33-22-23-36-42-27-41-35-12-8-9-17-43(35)49-45(41)28-46(42)50-44(36)26-33/h1-28H. The van der Waals surface area contributed by atoms with Crippen LogP contribution in [-0.4, -0.2) is 0 Å². The van der Waals surface area contributed by atoms with Crippen molar-refractivity contribution in [2.24, 2.45) is 0 Å². The van der Waals surface area contributed by atoms with Crippen LogP contribution in [0.4, 0.5) is 0 Å². The lowest BCUT2D eigenvalue weighted by Crippen LogP contribution is -1.90. The lowest BCUT2D eigenvalue weighted by atomic mass is 9.85. The number of hydrogen-bond acceptors (Lipinski definition) is 2. The van der Waals surface area contributed by atoms with Gasteiger partial charge < -0.3 is 0 Å². The van der Waals surface area contributed by atoms with Gasteiger partial charge in [-0.05, 0) is 102 Å². The fraction of sp³-hybridized carbons (Fsp3) is 0. The zero-order chi connectivity index (χ0) is 32.8. The van der Waals surface area contributed by atoms with E-state index < -0.39 is 0 Å². The lowest BCUT2D eigenvalue weighted by Gasteiger charge is -2.18. The molecule has 9 aromatic carbocycles. The molecule has 0 N–H and O–H groups in total. The van der Waals surface area contributed by atoms with Crippen molar-refractivity contribution in [3.05, 3.63) is 170 Å². The van der Waals surface area contributed by atoms with Gasteiger partial charge in [0.05, 0.1) is 0 Å². The summed E-state index contributed by atoms with van der Waals surface area (Å²) in [4.78, 5) is 0. The van der Waals surface area contributed by atoms with Crippen molar-refractivity contribution < 1.29 is 0 Å². The molecular weight excluding hydrogens is 641 g/mol. The molecule has 0 saturated heterocycles. The van der Waals surface area contributed by atoms with Gasteiger partial charge in [-0.15, -0.1) is 22.7 Å². The molecule has 0 radical (unpaired) electrons. The minimum absolute atomic E-state index is 1.25. The van der Waals surface area contributed by atoms with Gasteiger partial charge >= 0.3 is 0 Å². The van der Waals surface area contributed by atoms with Crippen molar-refractivity contribution in [2.45, 2.75) is 0 Å². The second kappa shape index (κ2) is 10.9. The van der Waals surface area contributed by atoms with Crippen LogP contribution < -0.4 is 0 Å². The van der Waals surface area contributed by atoms with Crippen LogP contribution in [0, 0.1) is 0 Å². The smallest absolute Gasteiger partial charge is 0.0369 e. The van der Waals surface area contributed by atoms with Crippen LogP contribution in [0.5, 0.6) is 0 Å². The van der Waals surface area contributed by atoms with Crippen molar-refractivity contribution in [3.8, 4) is 33.4 Å². The van der Waals surface area contributed by atoms with Crippen LogP contribution in [0.15, 0.2) is 170 Å². The van der Waals surface area contributed by atoms with E-state index in [1.54, 1.807) is 0 Å². The summed E-state index contributed by atoms with van der Waals surface area (Å²) in [6.07, 6.45) is 0. The first-order valence-corrected chi connectivity index (χ1v) is 18.7. The maximum absolute atomic E-state index is 2.41. The Labute approximate surface area is 297 Å². The molecule has 2 heteroatoms. The molecule has 0 saturated carbocycles. The molecule has 0 aliphatic carbocycles. The summed E-state index contributed by atoms with van der Waals surface area (Å²) in [5.41, 5.74) is 7.60. The molecule has 0 unspecified atom stereocenters. The monoisotopic (exact) mass is 668 g/mol. The normalized spacial score (nSPS) is 12.0. The van der Waals surface area contributed by atoms with E-state index in [-0.39, 0.29) is 0 Å². The Morgan fingerprint density at radius 2 is 0.700 bits per heavy atom. The predicted molar refractivity (Wildman–Crippen MR) is 221 cm³/mol. The van der Waals surface area contributed by atoms with Gasteiger partial charge in [-0.3, -0.25) is 0 Å². The van der Waals surface area contributed by atoms with Gasteiger partial charge in [0.2, 0.25) is 0 Å². The van der Waals surface area contributed by atoms with Gasteiger partial charge in [-0.2, -0.15) is 0 Å². The average molecular weight is 669 g/mol.